The van der Waals surface area contributed by atoms with Gasteiger partial charge < -0.3 is 15.8 Å². The van der Waals surface area contributed by atoms with E-state index in [0.717, 1.165) is 11.8 Å². The van der Waals surface area contributed by atoms with Crippen LogP contribution in [0.25, 0.3) is 0 Å². The van der Waals surface area contributed by atoms with Crippen LogP contribution in [0.5, 0.6) is 0 Å². The molecule has 0 aromatic heterocycles. The first-order valence-electron chi connectivity index (χ1n) is 6.94. The highest BCUT2D eigenvalue weighted by molar-refractivity contribution is 8.14. The molecule has 1 aromatic rings. The van der Waals surface area contributed by atoms with Crippen LogP contribution in [0.15, 0.2) is 24.3 Å². The average molecular weight is 357 g/mol. The van der Waals surface area contributed by atoms with E-state index >= 15 is 0 Å². The molecule has 0 aliphatic carbocycles. The molecule has 0 aliphatic rings. The van der Waals surface area contributed by atoms with Crippen molar-refractivity contribution in [2.45, 2.75) is 19.6 Å². The van der Waals surface area contributed by atoms with Crippen LogP contribution >= 0.6 is 11.8 Å². The van der Waals surface area contributed by atoms with Crippen molar-refractivity contribution in [2.75, 3.05) is 12.8 Å². The molecule has 1 rings (SSSR count). The number of thioether (sulfide) groups is 1. The minimum Gasteiger partial charge on any atom is -0.566 e. The van der Waals surface area contributed by atoms with E-state index < -0.39 is 11.4 Å². The molecule has 0 radical (unpaired) electrons. The molecule has 4 N–H and O–H groups in total. The first-order valence-corrected chi connectivity index (χ1v) is 7.92. The molecule has 132 valence electrons. The number of carbonyl (C=O) groups excluding carboxylic acids is 3. The summed E-state index contributed by atoms with van der Waals surface area (Å²) >= 11 is 0.908. The maximum atomic E-state index is 12.1. The molecule has 0 fully saturated rings. The number of quaternary nitrogens is 1. The summed E-state index contributed by atoms with van der Waals surface area (Å²) in [7, 11) is 1.45. The van der Waals surface area contributed by atoms with Crippen LogP contribution in [0.1, 0.15) is 22.8 Å². The quantitative estimate of drug-likeness (QED) is 0.439. The van der Waals surface area contributed by atoms with Gasteiger partial charge in [0.1, 0.15) is 12.6 Å². The Hall–Kier alpha value is -1.98. The summed E-state index contributed by atoms with van der Waals surface area (Å²) in [6.45, 7) is 1.19. The Labute approximate surface area is 142 Å². The second-order valence-corrected chi connectivity index (χ2v) is 5.71. The number of amides is 2. The van der Waals surface area contributed by atoms with Gasteiger partial charge in [0.2, 0.25) is 16.9 Å². The van der Waals surface area contributed by atoms with Gasteiger partial charge in [-0.3, -0.25) is 14.4 Å². The number of carbonyl (C=O) groups is 3. The smallest absolute Gasteiger partial charge is 0.243 e. The zero-order chi connectivity index (χ0) is 18.1. The number of hydrogen-bond acceptors (Lipinski definition) is 7. The predicted octanol–water partition coefficient (Wildman–Crippen LogP) is -0.986. The van der Waals surface area contributed by atoms with E-state index in [1.54, 1.807) is 24.3 Å². The molecule has 2 unspecified atom stereocenters. The Morgan fingerprint density at radius 2 is 1.96 bits per heavy atom. The van der Waals surface area contributed by atoms with Gasteiger partial charge >= 0.3 is 0 Å². The van der Waals surface area contributed by atoms with Gasteiger partial charge in [-0.05, 0) is 5.56 Å². The molecule has 10 heteroatoms. The lowest BCUT2D eigenvalue weighted by atomic mass is 10.2. The maximum Gasteiger partial charge on any atom is 0.243 e. The van der Waals surface area contributed by atoms with Crippen LogP contribution in [0, 0.1) is 5.21 Å². The molecule has 0 saturated heterocycles. The van der Waals surface area contributed by atoms with Crippen LogP contribution < -0.4 is 16.0 Å². The second kappa shape index (κ2) is 10.0. The number of hydrogen-bond donors (Lipinski definition) is 4. The number of nitrogens with one attached hydrogen (secondary N) is 3. The highest BCUT2D eigenvalue weighted by atomic mass is 32.2. The highest BCUT2D eigenvalue weighted by Gasteiger charge is 2.20. The van der Waals surface area contributed by atoms with E-state index in [4.69, 9.17) is 5.21 Å². The van der Waals surface area contributed by atoms with Crippen molar-refractivity contribution >= 4 is 28.7 Å². The molecule has 0 saturated carbocycles. The molecule has 9 nitrogen and oxygen atoms in total. The van der Waals surface area contributed by atoms with Crippen molar-refractivity contribution in [2.24, 2.45) is 0 Å². The van der Waals surface area contributed by atoms with E-state index in [-0.39, 0.29) is 29.3 Å². The van der Waals surface area contributed by atoms with Crippen molar-refractivity contribution in [1.82, 2.24) is 10.6 Å². The summed E-state index contributed by atoms with van der Waals surface area (Å²) in [4.78, 5) is 39.3. The molecule has 0 spiro atoms. The van der Waals surface area contributed by atoms with Crippen molar-refractivity contribution in [3.8, 4) is 0 Å². The second-order valence-electron chi connectivity index (χ2n) is 4.72. The number of rotatable bonds is 8. The van der Waals surface area contributed by atoms with Crippen LogP contribution in [0.3, 0.4) is 0 Å². The first kappa shape index (κ1) is 20.1. The largest absolute Gasteiger partial charge is 0.566 e. The van der Waals surface area contributed by atoms with Crippen LogP contribution in [0.4, 0.5) is 0 Å². The van der Waals surface area contributed by atoms with E-state index in [1.165, 1.54) is 14.0 Å². The fourth-order valence-electron chi connectivity index (χ4n) is 1.73. The van der Waals surface area contributed by atoms with E-state index in [9.17, 15) is 19.6 Å². The monoisotopic (exact) mass is 357 g/mol. The molecule has 0 heterocycles. The third-order valence-electron chi connectivity index (χ3n) is 2.87. The van der Waals surface area contributed by atoms with E-state index in [2.05, 4.69) is 15.5 Å². The van der Waals surface area contributed by atoms with E-state index in [0.29, 0.717) is 11.1 Å². The van der Waals surface area contributed by atoms with Crippen LogP contribution in [-0.2, 0) is 21.0 Å². The minimum atomic E-state index is -1.37. The zero-order valence-corrected chi connectivity index (χ0v) is 14.0. The van der Waals surface area contributed by atoms with Gasteiger partial charge in [0, 0.05) is 25.3 Å². The molecule has 0 aliphatic heterocycles. The summed E-state index contributed by atoms with van der Waals surface area (Å²) in [5.74, 6) is -0.645. The Bertz CT molecular complexity index is 578. The summed E-state index contributed by atoms with van der Waals surface area (Å²) in [5, 5.41) is 22.0. The lowest BCUT2D eigenvalue weighted by Gasteiger charge is -2.15. The molecule has 2 atom stereocenters. The molecular weight excluding hydrogens is 338 g/mol. The third-order valence-corrected chi connectivity index (χ3v) is 3.87. The van der Waals surface area contributed by atoms with Gasteiger partial charge in [-0.25, -0.2) is 0 Å². The molecule has 24 heavy (non-hydrogen) atoms. The summed E-state index contributed by atoms with van der Waals surface area (Å²) in [5.41, 5.74) is 1.01. The highest BCUT2D eigenvalue weighted by Crippen LogP contribution is 2.15. The van der Waals surface area contributed by atoms with Gasteiger partial charge in [0.25, 0.3) is 0 Å². The normalized spacial score (nSPS) is 13.0. The SMILES string of the molecule is CNC(=O)C(CSC(=O)c1ccc(CO[NH+]([O-])O)cc1)NC(C)=O. The fraction of sp³-hybridized carbons (Fsp3) is 0.357. The minimum absolute atomic E-state index is 0.0990. The summed E-state index contributed by atoms with van der Waals surface area (Å²) in [6.07, 6.45) is 0. The van der Waals surface area contributed by atoms with Gasteiger partial charge in [0.05, 0.1) is 0 Å². The topological polar surface area (TPSA) is 132 Å². The Morgan fingerprint density at radius 1 is 1.33 bits per heavy atom. The van der Waals surface area contributed by atoms with Gasteiger partial charge in [0.15, 0.2) is 0 Å². The van der Waals surface area contributed by atoms with Crippen molar-refractivity contribution in [3.63, 3.8) is 0 Å². The standard InChI is InChI=1S/C14H19N3O6S/c1-9(18)16-12(13(19)15-2)8-24-14(20)11-5-3-10(4-6-11)7-23-17(21)22/h3-6,12,17,21H,7-8H2,1-2H3,(H,15,19)(H,16,18). The van der Waals surface area contributed by atoms with Crippen LogP contribution in [-0.4, -0.2) is 41.0 Å². The summed E-state index contributed by atoms with van der Waals surface area (Å²) < 4.78 is 0. The van der Waals surface area contributed by atoms with Gasteiger partial charge in [-0.1, -0.05) is 41.4 Å². The Morgan fingerprint density at radius 3 is 2.46 bits per heavy atom. The number of benzene rings is 1. The van der Waals surface area contributed by atoms with E-state index in [1.807, 2.05) is 0 Å². The van der Waals surface area contributed by atoms with Crippen LogP contribution in [0.2, 0.25) is 0 Å². The molecule has 0 bridgehead atoms. The van der Waals surface area contributed by atoms with Crippen molar-refractivity contribution in [1.29, 1.82) is 0 Å². The number of likely N-dealkylation sites (N-methyl/N-ethyl adjacent to an activating group) is 1. The lowest BCUT2D eigenvalue weighted by molar-refractivity contribution is -1.21. The maximum absolute atomic E-state index is 12.1. The first-order chi connectivity index (χ1) is 11.3. The lowest BCUT2D eigenvalue weighted by Crippen LogP contribution is -3.03. The fourth-order valence-corrected chi connectivity index (χ4v) is 2.58. The van der Waals surface area contributed by atoms with Gasteiger partial charge in [-0.15, -0.1) is 0 Å². The average Bonchev–Trinajstić information content (AvgIpc) is 2.55. The molecule has 1 aromatic carbocycles. The molecule has 2 amide bonds. The van der Waals surface area contributed by atoms with Gasteiger partial charge in [-0.2, -0.15) is 10.0 Å². The summed E-state index contributed by atoms with van der Waals surface area (Å²) in [6, 6.07) is 5.46. The third kappa shape index (κ3) is 7.06. The predicted molar refractivity (Wildman–Crippen MR) is 85.8 cm³/mol. The van der Waals surface area contributed by atoms with Crippen molar-refractivity contribution in [3.05, 3.63) is 40.6 Å². The Kier molecular flexibility index (Phi) is 8.36. The zero-order valence-electron chi connectivity index (χ0n) is 13.2. The Balaban J connectivity index is 2.59. The van der Waals surface area contributed by atoms with Crippen molar-refractivity contribution < 1.29 is 29.8 Å². The molecular formula is C14H19N3O6S.